The van der Waals surface area contributed by atoms with Gasteiger partial charge in [0.25, 0.3) is 5.91 Å². The minimum absolute atomic E-state index is 0.0283. The van der Waals surface area contributed by atoms with E-state index in [-0.39, 0.29) is 5.91 Å². The van der Waals surface area contributed by atoms with Crippen LogP contribution in [0.2, 0.25) is 0 Å². The fraction of sp³-hybridized carbons (Fsp3) is 0.310. The lowest BCUT2D eigenvalue weighted by Crippen LogP contribution is -2.46. The Kier molecular flexibility index (Phi) is 5.74. The van der Waals surface area contributed by atoms with Crippen LogP contribution < -0.4 is 10.2 Å². The normalized spacial score (nSPS) is 15.9. The second kappa shape index (κ2) is 9.19. The van der Waals surface area contributed by atoms with E-state index in [2.05, 4.69) is 82.4 Å². The highest BCUT2D eigenvalue weighted by Crippen LogP contribution is 2.33. The Labute approximate surface area is 206 Å². The van der Waals surface area contributed by atoms with Crippen LogP contribution in [0.5, 0.6) is 0 Å². The zero-order valence-electron chi connectivity index (χ0n) is 20.2. The number of carbonyl (C=O) groups is 1. The predicted octanol–water partition coefficient (Wildman–Crippen LogP) is 4.00. The molecule has 0 radical (unpaired) electrons. The van der Waals surface area contributed by atoms with Crippen molar-refractivity contribution < 1.29 is 4.79 Å². The van der Waals surface area contributed by atoms with Crippen molar-refractivity contribution in [2.45, 2.75) is 26.4 Å². The third-order valence-corrected chi connectivity index (χ3v) is 7.30. The van der Waals surface area contributed by atoms with Crippen molar-refractivity contribution in [3.63, 3.8) is 0 Å². The summed E-state index contributed by atoms with van der Waals surface area (Å²) in [4.78, 5) is 22.8. The van der Waals surface area contributed by atoms with Gasteiger partial charge in [0.1, 0.15) is 5.69 Å². The number of benzene rings is 2. The fourth-order valence-corrected chi connectivity index (χ4v) is 5.42. The quantitative estimate of drug-likeness (QED) is 0.495. The van der Waals surface area contributed by atoms with Gasteiger partial charge in [0.15, 0.2) is 5.82 Å². The number of rotatable bonds is 4. The highest BCUT2D eigenvalue weighted by atomic mass is 16.2. The number of hydrogen-bond donors (Lipinski definition) is 1. The molecule has 1 amide bonds. The average Bonchev–Trinajstić information content (AvgIpc) is 3.23. The van der Waals surface area contributed by atoms with Crippen molar-refractivity contribution in [2.24, 2.45) is 0 Å². The van der Waals surface area contributed by atoms with E-state index in [0.29, 0.717) is 5.69 Å². The van der Waals surface area contributed by atoms with Gasteiger partial charge in [0, 0.05) is 56.9 Å². The molecular weight excluding hydrogens is 434 g/mol. The summed E-state index contributed by atoms with van der Waals surface area (Å²) in [5.74, 6) is 0.944. The van der Waals surface area contributed by atoms with E-state index in [9.17, 15) is 4.79 Å². The second-order valence-electron chi connectivity index (χ2n) is 9.61. The molecule has 6 heteroatoms. The lowest BCUT2D eigenvalue weighted by atomic mass is 10.00. The number of pyridine rings is 1. The third kappa shape index (κ3) is 4.19. The number of nitrogens with one attached hydrogen (secondary N) is 1. The Morgan fingerprint density at radius 1 is 0.943 bits per heavy atom. The lowest BCUT2D eigenvalue weighted by Gasteiger charge is -2.31. The number of aromatic nitrogens is 2. The molecule has 6 rings (SSSR count). The van der Waals surface area contributed by atoms with E-state index in [1.54, 1.807) is 0 Å². The molecule has 4 aromatic rings. The van der Waals surface area contributed by atoms with E-state index in [1.807, 2.05) is 11.0 Å². The second-order valence-corrected chi connectivity index (χ2v) is 9.61. The van der Waals surface area contributed by atoms with Crippen LogP contribution in [-0.2, 0) is 19.5 Å². The molecule has 1 fully saturated rings. The molecule has 35 heavy (non-hydrogen) atoms. The molecule has 0 saturated carbocycles. The van der Waals surface area contributed by atoms with Gasteiger partial charge in [0.2, 0.25) is 0 Å². The van der Waals surface area contributed by atoms with E-state index >= 15 is 0 Å². The molecule has 6 nitrogen and oxygen atoms in total. The summed E-state index contributed by atoms with van der Waals surface area (Å²) in [6.45, 7) is 7.72. The molecule has 0 bridgehead atoms. The molecule has 2 aliphatic heterocycles. The number of amides is 1. The summed E-state index contributed by atoms with van der Waals surface area (Å²) in [7, 11) is 0. The molecule has 1 N–H and O–H groups in total. The fourth-order valence-electron chi connectivity index (χ4n) is 5.42. The molecule has 0 unspecified atom stereocenters. The molecule has 2 aromatic heterocycles. The van der Waals surface area contributed by atoms with Gasteiger partial charge in [-0.2, -0.15) is 0 Å². The summed E-state index contributed by atoms with van der Waals surface area (Å²) in [6, 6.07) is 23.4. The Morgan fingerprint density at radius 2 is 1.69 bits per heavy atom. The standard InChI is InChI=1S/C29H31N5O/c1-21-17-25-18-26(29(35)32-15-12-30-13-16-32)31-28(27(25)34(21)19-22-7-3-2-4-8-22)33-14-11-23-9-5-6-10-24(23)20-33/h2-10,17-18,30H,11-16,19-20H2,1H3. The van der Waals surface area contributed by atoms with E-state index in [1.165, 1.54) is 22.4 Å². The van der Waals surface area contributed by atoms with Crippen LogP contribution in [0.4, 0.5) is 5.82 Å². The average molecular weight is 466 g/mol. The first-order valence-corrected chi connectivity index (χ1v) is 12.5. The lowest BCUT2D eigenvalue weighted by molar-refractivity contribution is 0.0730. The summed E-state index contributed by atoms with van der Waals surface area (Å²) in [6.07, 6.45) is 0.980. The van der Waals surface area contributed by atoms with Crippen LogP contribution in [0.1, 0.15) is 32.9 Å². The number of fused-ring (bicyclic) bond motifs is 2. The third-order valence-electron chi connectivity index (χ3n) is 7.30. The summed E-state index contributed by atoms with van der Waals surface area (Å²) >= 11 is 0. The smallest absolute Gasteiger partial charge is 0.272 e. The van der Waals surface area contributed by atoms with Gasteiger partial charge in [-0.3, -0.25) is 4.79 Å². The van der Waals surface area contributed by atoms with Crippen molar-refractivity contribution in [2.75, 3.05) is 37.6 Å². The zero-order valence-corrected chi connectivity index (χ0v) is 20.2. The van der Waals surface area contributed by atoms with Crippen molar-refractivity contribution in [3.05, 3.63) is 94.8 Å². The number of hydrogen-bond acceptors (Lipinski definition) is 4. The Hall–Kier alpha value is -3.64. The Balaban J connectivity index is 1.47. The molecule has 1 saturated heterocycles. The topological polar surface area (TPSA) is 53.4 Å². The highest BCUT2D eigenvalue weighted by molar-refractivity contribution is 6.00. The summed E-state index contributed by atoms with van der Waals surface area (Å²) < 4.78 is 2.35. The Bertz CT molecular complexity index is 1370. The molecule has 4 heterocycles. The number of nitrogens with zero attached hydrogens (tertiary/aromatic N) is 4. The van der Waals surface area contributed by atoms with Crippen LogP contribution in [0, 0.1) is 6.92 Å². The van der Waals surface area contributed by atoms with Gasteiger partial charge >= 0.3 is 0 Å². The number of carbonyl (C=O) groups excluding carboxylic acids is 1. The van der Waals surface area contributed by atoms with E-state index in [0.717, 1.165) is 69.0 Å². The first kappa shape index (κ1) is 21.9. The molecule has 0 atom stereocenters. The zero-order chi connectivity index (χ0) is 23.8. The van der Waals surface area contributed by atoms with Crippen molar-refractivity contribution in [1.82, 2.24) is 19.8 Å². The van der Waals surface area contributed by atoms with E-state index < -0.39 is 0 Å². The maximum Gasteiger partial charge on any atom is 0.272 e. The van der Waals surface area contributed by atoms with Gasteiger partial charge in [-0.05, 0) is 42.2 Å². The number of piperazine rings is 1. The molecule has 2 aromatic carbocycles. The minimum Gasteiger partial charge on any atom is -0.350 e. The van der Waals surface area contributed by atoms with Gasteiger partial charge in [0.05, 0.1) is 5.52 Å². The molecule has 0 spiro atoms. The maximum atomic E-state index is 13.5. The SMILES string of the molecule is Cc1cc2cc(C(=O)N3CCNCC3)nc(N3CCc4ccccc4C3)c2n1Cc1ccccc1. The van der Waals surface area contributed by atoms with Crippen LogP contribution in [0.3, 0.4) is 0 Å². The van der Waals surface area contributed by atoms with Crippen LogP contribution in [0.25, 0.3) is 10.9 Å². The minimum atomic E-state index is 0.0283. The van der Waals surface area contributed by atoms with Crippen LogP contribution >= 0.6 is 0 Å². The van der Waals surface area contributed by atoms with Crippen LogP contribution in [-0.4, -0.2) is 53.1 Å². The first-order chi connectivity index (χ1) is 17.2. The summed E-state index contributed by atoms with van der Waals surface area (Å²) in [5.41, 5.74) is 6.84. The molecular formula is C29H31N5O. The predicted molar refractivity (Wildman–Crippen MR) is 140 cm³/mol. The van der Waals surface area contributed by atoms with E-state index in [4.69, 9.17) is 4.98 Å². The molecule has 2 aliphatic rings. The van der Waals surface area contributed by atoms with Gasteiger partial charge in [-0.15, -0.1) is 0 Å². The van der Waals surface area contributed by atoms with Gasteiger partial charge in [-0.25, -0.2) is 4.98 Å². The van der Waals surface area contributed by atoms with Gasteiger partial charge in [-0.1, -0.05) is 54.6 Å². The Morgan fingerprint density at radius 3 is 2.49 bits per heavy atom. The largest absolute Gasteiger partial charge is 0.350 e. The summed E-state index contributed by atoms with van der Waals surface area (Å²) in [5, 5.41) is 4.42. The van der Waals surface area contributed by atoms with Crippen molar-refractivity contribution >= 4 is 22.6 Å². The maximum absolute atomic E-state index is 13.5. The number of anilines is 1. The molecule has 0 aliphatic carbocycles. The van der Waals surface area contributed by atoms with Crippen molar-refractivity contribution in [1.29, 1.82) is 0 Å². The highest BCUT2D eigenvalue weighted by Gasteiger charge is 2.26. The van der Waals surface area contributed by atoms with Crippen LogP contribution in [0.15, 0.2) is 66.7 Å². The molecule has 178 valence electrons. The number of aryl methyl sites for hydroxylation is 1. The first-order valence-electron chi connectivity index (χ1n) is 12.5. The van der Waals surface area contributed by atoms with Crippen molar-refractivity contribution in [3.8, 4) is 0 Å². The monoisotopic (exact) mass is 465 g/mol. The van der Waals surface area contributed by atoms with Gasteiger partial charge < -0.3 is 19.7 Å².